The number of carbonyl (C=O) groups excluding carboxylic acids is 1. The van der Waals surface area contributed by atoms with Crippen molar-refractivity contribution >= 4 is 28.2 Å². The van der Waals surface area contributed by atoms with E-state index in [9.17, 15) is 9.18 Å². The van der Waals surface area contributed by atoms with E-state index in [4.69, 9.17) is 5.73 Å². The molecule has 6 heteroatoms. The average molecular weight is 251 g/mol. The van der Waals surface area contributed by atoms with E-state index in [1.807, 2.05) is 6.92 Å². The Bertz CT molecular complexity index is 538. The van der Waals surface area contributed by atoms with Crippen LogP contribution in [-0.2, 0) is 0 Å². The summed E-state index contributed by atoms with van der Waals surface area (Å²) < 4.78 is 12.8. The lowest BCUT2D eigenvalue weighted by molar-refractivity contribution is 0.256. The summed E-state index contributed by atoms with van der Waals surface area (Å²) in [6.45, 7) is 1.88. The summed E-state index contributed by atoms with van der Waals surface area (Å²) in [4.78, 5) is 17.7. The van der Waals surface area contributed by atoms with Gasteiger partial charge in [0.15, 0.2) is 5.13 Å². The third-order valence-electron chi connectivity index (χ3n) is 2.11. The number of primary amides is 1. The highest BCUT2D eigenvalue weighted by Gasteiger charge is 2.17. The molecule has 0 aliphatic rings. The molecule has 0 fully saturated rings. The first kappa shape index (κ1) is 11.5. The van der Waals surface area contributed by atoms with Crippen molar-refractivity contribution in [2.75, 3.05) is 4.90 Å². The topological polar surface area (TPSA) is 59.2 Å². The monoisotopic (exact) mass is 251 g/mol. The fourth-order valence-corrected chi connectivity index (χ4v) is 2.15. The maximum absolute atomic E-state index is 12.8. The van der Waals surface area contributed by atoms with Crippen molar-refractivity contribution in [2.24, 2.45) is 5.73 Å². The molecule has 1 aromatic heterocycles. The summed E-state index contributed by atoms with van der Waals surface area (Å²) in [6, 6.07) is 4.86. The van der Waals surface area contributed by atoms with Crippen LogP contribution in [0.1, 0.15) is 4.88 Å². The maximum atomic E-state index is 12.8. The van der Waals surface area contributed by atoms with Gasteiger partial charge in [-0.3, -0.25) is 0 Å². The van der Waals surface area contributed by atoms with Gasteiger partial charge in [-0.05, 0) is 31.2 Å². The number of nitrogens with zero attached hydrogens (tertiary/aromatic N) is 2. The first-order valence-electron chi connectivity index (χ1n) is 4.85. The molecule has 1 heterocycles. The van der Waals surface area contributed by atoms with E-state index in [2.05, 4.69) is 4.98 Å². The van der Waals surface area contributed by atoms with Gasteiger partial charge in [0.2, 0.25) is 0 Å². The Hall–Kier alpha value is -1.95. The zero-order valence-electron chi connectivity index (χ0n) is 9.05. The molecule has 0 bridgehead atoms. The Labute approximate surface area is 102 Å². The summed E-state index contributed by atoms with van der Waals surface area (Å²) in [5.41, 5.74) is 5.80. The Balaban J connectivity index is 2.42. The molecule has 0 unspecified atom stereocenters. The fourth-order valence-electron chi connectivity index (χ4n) is 1.37. The van der Waals surface area contributed by atoms with E-state index in [1.165, 1.54) is 40.5 Å². The van der Waals surface area contributed by atoms with E-state index in [0.717, 1.165) is 4.88 Å². The van der Waals surface area contributed by atoms with Crippen molar-refractivity contribution in [3.63, 3.8) is 0 Å². The number of thiazole rings is 1. The predicted molar refractivity (Wildman–Crippen MR) is 65.0 cm³/mol. The predicted octanol–water partition coefficient (Wildman–Crippen LogP) is 2.81. The molecule has 1 aromatic carbocycles. The molecule has 0 saturated heterocycles. The Morgan fingerprint density at radius 1 is 1.41 bits per heavy atom. The normalized spacial score (nSPS) is 10.2. The highest BCUT2D eigenvalue weighted by atomic mass is 32.1. The summed E-state index contributed by atoms with van der Waals surface area (Å²) in [5, 5.41) is 0.474. The zero-order chi connectivity index (χ0) is 12.4. The molecule has 0 radical (unpaired) electrons. The lowest BCUT2D eigenvalue weighted by Gasteiger charge is -2.16. The van der Waals surface area contributed by atoms with E-state index in [0.29, 0.717) is 10.8 Å². The molecule has 0 spiro atoms. The van der Waals surface area contributed by atoms with Crippen molar-refractivity contribution in [3.05, 3.63) is 41.2 Å². The SMILES string of the molecule is Cc1cnc(N(C(N)=O)c2ccc(F)cc2)s1. The van der Waals surface area contributed by atoms with Gasteiger partial charge in [-0.1, -0.05) is 0 Å². The highest BCUT2D eigenvalue weighted by Crippen LogP contribution is 2.28. The van der Waals surface area contributed by atoms with Crippen LogP contribution in [0, 0.1) is 12.7 Å². The van der Waals surface area contributed by atoms with Crippen LogP contribution >= 0.6 is 11.3 Å². The highest BCUT2D eigenvalue weighted by molar-refractivity contribution is 7.15. The number of hydrogen-bond acceptors (Lipinski definition) is 3. The molecule has 2 aromatic rings. The second-order valence-electron chi connectivity index (χ2n) is 3.40. The van der Waals surface area contributed by atoms with Gasteiger partial charge in [-0.2, -0.15) is 0 Å². The Morgan fingerprint density at radius 2 is 2.06 bits per heavy atom. The Morgan fingerprint density at radius 3 is 2.53 bits per heavy atom. The van der Waals surface area contributed by atoms with Crippen LogP contribution in [0.25, 0.3) is 0 Å². The van der Waals surface area contributed by atoms with Gasteiger partial charge in [0, 0.05) is 11.1 Å². The van der Waals surface area contributed by atoms with E-state index >= 15 is 0 Å². The first-order valence-corrected chi connectivity index (χ1v) is 5.67. The summed E-state index contributed by atoms with van der Waals surface area (Å²) in [5.74, 6) is -0.367. The fraction of sp³-hybridized carbons (Fsp3) is 0.0909. The first-order chi connectivity index (χ1) is 8.08. The standard InChI is InChI=1S/C11H10FN3OS/c1-7-6-14-11(17-7)15(10(13)16)9-4-2-8(12)3-5-9/h2-6H,1H3,(H2,13,16). The van der Waals surface area contributed by atoms with Crippen LogP contribution in [0.4, 0.5) is 20.0 Å². The molecular weight excluding hydrogens is 241 g/mol. The minimum atomic E-state index is -0.647. The zero-order valence-corrected chi connectivity index (χ0v) is 9.87. The molecule has 0 aliphatic heterocycles. The van der Waals surface area contributed by atoms with Crippen molar-refractivity contribution in [3.8, 4) is 0 Å². The molecule has 2 rings (SSSR count). The second-order valence-corrected chi connectivity index (χ2v) is 4.62. The van der Waals surface area contributed by atoms with E-state index in [-0.39, 0.29) is 5.82 Å². The Kier molecular flexibility index (Phi) is 3.06. The van der Waals surface area contributed by atoms with Gasteiger partial charge in [0.05, 0.1) is 5.69 Å². The summed E-state index contributed by atoms with van der Waals surface area (Å²) in [7, 11) is 0. The van der Waals surface area contributed by atoms with Crippen LogP contribution in [0.3, 0.4) is 0 Å². The van der Waals surface area contributed by atoms with Crippen LogP contribution in [0.5, 0.6) is 0 Å². The van der Waals surface area contributed by atoms with E-state index < -0.39 is 6.03 Å². The largest absolute Gasteiger partial charge is 0.351 e. The molecule has 2 amide bonds. The molecule has 88 valence electrons. The van der Waals surface area contributed by atoms with Crippen LogP contribution in [0.15, 0.2) is 30.5 Å². The third-order valence-corrected chi connectivity index (χ3v) is 3.00. The van der Waals surface area contributed by atoms with Gasteiger partial charge < -0.3 is 5.73 Å². The lowest BCUT2D eigenvalue weighted by atomic mass is 10.3. The third kappa shape index (κ3) is 2.42. The number of halogens is 1. The number of urea groups is 1. The molecule has 17 heavy (non-hydrogen) atoms. The number of aryl methyl sites for hydroxylation is 1. The van der Waals surface area contributed by atoms with Gasteiger partial charge in [-0.25, -0.2) is 19.1 Å². The van der Waals surface area contributed by atoms with Crippen LogP contribution in [-0.4, -0.2) is 11.0 Å². The van der Waals surface area contributed by atoms with Gasteiger partial charge in [-0.15, -0.1) is 11.3 Å². The van der Waals surface area contributed by atoms with Crippen LogP contribution < -0.4 is 10.6 Å². The molecule has 0 atom stereocenters. The second kappa shape index (κ2) is 4.50. The number of nitrogens with two attached hydrogens (primary N) is 1. The van der Waals surface area contributed by atoms with Crippen molar-refractivity contribution in [2.45, 2.75) is 6.92 Å². The molecule has 2 N–H and O–H groups in total. The van der Waals surface area contributed by atoms with Crippen molar-refractivity contribution < 1.29 is 9.18 Å². The number of carbonyl (C=O) groups is 1. The molecule has 0 saturated carbocycles. The average Bonchev–Trinajstić information content (AvgIpc) is 2.68. The summed E-state index contributed by atoms with van der Waals surface area (Å²) >= 11 is 1.34. The quantitative estimate of drug-likeness (QED) is 0.892. The number of benzene rings is 1. The van der Waals surface area contributed by atoms with Crippen molar-refractivity contribution in [1.29, 1.82) is 0 Å². The van der Waals surface area contributed by atoms with Gasteiger partial charge in [0.25, 0.3) is 0 Å². The van der Waals surface area contributed by atoms with E-state index in [1.54, 1.807) is 6.20 Å². The number of aromatic nitrogens is 1. The summed E-state index contributed by atoms with van der Waals surface area (Å²) in [6.07, 6.45) is 1.65. The minimum absolute atomic E-state index is 0.367. The number of hydrogen-bond donors (Lipinski definition) is 1. The van der Waals surface area contributed by atoms with Gasteiger partial charge >= 0.3 is 6.03 Å². The van der Waals surface area contributed by atoms with Crippen LogP contribution in [0.2, 0.25) is 0 Å². The minimum Gasteiger partial charge on any atom is -0.351 e. The number of rotatable bonds is 2. The smallest absolute Gasteiger partial charge is 0.325 e. The van der Waals surface area contributed by atoms with Gasteiger partial charge in [0.1, 0.15) is 5.82 Å². The van der Waals surface area contributed by atoms with Crippen molar-refractivity contribution in [1.82, 2.24) is 4.98 Å². The molecular formula is C11H10FN3OS. The lowest BCUT2D eigenvalue weighted by Crippen LogP contribution is -2.31. The molecule has 4 nitrogen and oxygen atoms in total. The number of amides is 2. The number of anilines is 2. The maximum Gasteiger partial charge on any atom is 0.325 e. The molecule has 0 aliphatic carbocycles.